The molecule has 3 nitrogen and oxygen atoms in total. The summed E-state index contributed by atoms with van der Waals surface area (Å²) in [7, 11) is 0. The van der Waals surface area contributed by atoms with Crippen LogP contribution >= 0.6 is 15.9 Å². The summed E-state index contributed by atoms with van der Waals surface area (Å²) in [6.45, 7) is 0. The molecule has 16 heavy (non-hydrogen) atoms. The van der Waals surface area contributed by atoms with E-state index in [9.17, 15) is 4.79 Å². The Hall–Kier alpha value is -0.640. The fraction of sp³-hybridized carbons (Fsp3) is 0.667. The highest BCUT2D eigenvalue weighted by Crippen LogP contribution is 2.28. The standard InChI is InChI=1S/C12H17BrN2O/c13-10-8-14-11(15-12(10)16)9-6-4-2-1-3-5-7-9/h8-9H,1-7H2,(H,14,15,16). The van der Waals surface area contributed by atoms with E-state index in [0.29, 0.717) is 10.4 Å². The van der Waals surface area contributed by atoms with Crippen LogP contribution in [0.5, 0.6) is 0 Å². The number of hydrogen-bond acceptors (Lipinski definition) is 2. The van der Waals surface area contributed by atoms with E-state index in [2.05, 4.69) is 25.9 Å². The van der Waals surface area contributed by atoms with Gasteiger partial charge in [-0.3, -0.25) is 4.79 Å². The number of hydrogen-bond donors (Lipinski definition) is 1. The van der Waals surface area contributed by atoms with Gasteiger partial charge >= 0.3 is 0 Å². The highest BCUT2D eigenvalue weighted by Gasteiger charge is 2.15. The van der Waals surface area contributed by atoms with Gasteiger partial charge in [0, 0.05) is 12.1 Å². The Morgan fingerprint density at radius 3 is 2.44 bits per heavy atom. The summed E-state index contributed by atoms with van der Waals surface area (Å²) in [6.07, 6.45) is 10.4. The lowest BCUT2D eigenvalue weighted by molar-refractivity contribution is 0.441. The van der Waals surface area contributed by atoms with Crippen LogP contribution < -0.4 is 5.56 Å². The van der Waals surface area contributed by atoms with Gasteiger partial charge in [0.05, 0.1) is 0 Å². The monoisotopic (exact) mass is 284 g/mol. The second-order valence-electron chi connectivity index (χ2n) is 4.49. The van der Waals surface area contributed by atoms with Gasteiger partial charge in [0.25, 0.3) is 5.56 Å². The molecule has 88 valence electrons. The predicted molar refractivity (Wildman–Crippen MR) is 67.6 cm³/mol. The third-order valence-electron chi connectivity index (χ3n) is 3.27. The number of rotatable bonds is 1. The quantitative estimate of drug-likeness (QED) is 0.860. The van der Waals surface area contributed by atoms with Gasteiger partial charge in [-0.2, -0.15) is 0 Å². The second-order valence-corrected chi connectivity index (χ2v) is 5.34. The molecule has 0 unspecified atom stereocenters. The van der Waals surface area contributed by atoms with Crippen molar-refractivity contribution in [3.8, 4) is 0 Å². The first kappa shape index (κ1) is 11.8. The Morgan fingerprint density at radius 1 is 1.19 bits per heavy atom. The van der Waals surface area contributed by atoms with Crippen LogP contribution in [0.1, 0.15) is 56.7 Å². The van der Waals surface area contributed by atoms with Gasteiger partial charge in [-0.15, -0.1) is 0 Å². The molecule has 0 bridgehead atoms. The van der Waals surface area contributed by atoms with Gasteiger partial charge in [0.15, 0.2) is 0 Å². The van der Waals surface area contributed by atoms with E-state index in [1.54, 1.807) is 6.20 Å². The van der Waals surface area contributed by atoms with Crippen LogP contribution in [0.15, 0.2) is 15.5 Å². The Morgan fingerprint density at radius 2 is 1.81 bits per heavy atom. The van der Waals surface area contributed by atoms with E-state index in [0.717, 1.165) is 18.7 Å². The summed E-state index contributed by atoms with van der Waals surface area (Å²) in [5, 5.41) is 0. The lowest BCUT2D eigenvalue weighted by atomic mass is 9.90. The minimum Gasteiger partial charge on any atom is -0.309 e. The third-order valence-corrected chi connectivity index (χ3v) is 3.83. The van der Waals surface area contributed by atoms with Gasteiger partial charge in [0.1, 0.15) is 10.3 Å². The number of nitrogens with zero attached hydrogens (tertiary/aromatic N) is 1. The van der Waals surface area contributed by atoms with E-state index in [-0.39, 0.29) is 5.56 Å². The first-order valence-corrected chi connectivity index (χ1v) is 6.81. The maximum atomic E-state index is 11.5. The van der Waals surface area contributed by atoms with E-state index < -0.39 is 0 Å². The summed E-state index contributed by atoms with van der Waals surface area (Å²) in [6, 6.07) is 0. The highest BCUT2D eigenvalue weighted by atomic mass is 79.9. The average molecular weight is 285 g/mol. The van der Waals surface area contributed by atoms with Crippen molar-refractivity contribution in [2.75, 3.05) is 0 Å². The SMILES string of the molecule is O=c1[nH]c(C2CCCCCCC2)ncc1Br. The smallest absolute Gasteiger partial charge is 0.265 e. The van der Waals surface area contributed by atoms with Crippen molar-refractivity contribution >= 4 is 15.9 Å². The van der Waals surface area contributed by atoms with Gasteiger partial charge in [-0.25, -0.2) is 4.98 Å². The van der Waals surface area contributed by atoms with Gasteiger partial charge in [0.2, 0.25) is 0 Å². The Labute approximate surface area is 104 Å². The fourth-order valence-electron chi connectivity index (χ4n) is 2.33. The van der Waals surface area contributed by atoms with Crippen molar-refractivity contribution in [3.05, 3.63) is 26.8 Å². The van der Waals surface area contributed by atoms with Crippen molar-refractivity contribution in [2.45, 2.75) is 50.9 Å². The molecule has 1 heterocycles. The molecule has 1 fully saturated rings. The number of aromatic amines is 1. The third kappa shape index (κ3) is 2.94. The molecule has 0 aromatic carbocycles. The van der Waals surface area contributed by atoms with Crippen LogP contribution in [0.4, 0.5) is 0 Å². The number of nitrogens with one attached hydrogen (secondary N) is 1. The minimum absolute atomic E-state index is 0.0629. The van der Waals surface area contributed by atoms with Crippen LogP contribution in [0, 0.1) is 0 Å². The number of aromatic nitrogens is 2. The zero-order chi connectivity index (χ0) is 11.4. The molecule has 2 rings (SSSR count). The van der Waals surface area contributed by atoms with Crippen molar-refractivity contribution < 1.29 is 0 Å². The first-order chi connectivity index (χ1) is 7.77. The second kappa shape index (κ2) is 5.62. The van der Waals surface area contributed by atoms with Crippen LogP contribution in [0.2, 0.25) is 0 Å². The summed E-state index contributed by atoms with van der Waals surface area (Å²) in [5.74, 6) is 1.32. The zero-order valence-corrected chi connectivity index (χ0v) is 10.9. The molecule has 1 aromatic rings. The Balaban J connectivity index is 2.14. The molecule has 4 heteroatoms. The lowest BCUT2D eigenvalue weighted by Crippen LogP contribution is -2.15. The molecule has 0 atom stereocenters. The van der Waals surface area contributed by atoms with E-state index in [4.69, 9.17) is 0 Å². The molecule has 1 aliphatic rings. The van der Waals surface area contributed by atoms with Crippen LogP contribution in [0.25, 0.3) is 0 Å². The van der Waals surface area contributed by atoms with Crippen LogP contribution in [-0.2, 0) is 0 Å². The van der Waals surface area contributed by atoms with Gasteiger partial charge in [-0.1, -0.05) is 32.1 Å². The normalized spacial score (nSPS) is 19.1. The van der Waals surface area contributed by atoms with Crippen LogP contribution in [0.3, 0.4) is 0 Å². The summed E-state index contributed by atoms with van der Waals surface area (Å²) in [4.78, 5) is 18.7. The van der Waals surface area contributed by atoms with Gasteiger partial charge in [-0.05, 0) is 28.8 Å². The molecule has 0 spiro atoms. The van der Waals surface area contributed by atoms with Crippen molar-refractivity contribution in [3.63, 3.8) is 0 Å². The van der Waals surface area contributed by atoms with Crippen molar-refractivity contribution in [1.29, 1.82) is 0 Å². The van der Waals surface area contributed by atoms with E-state index >= 15 is 0 Å². The van der Waals surface area contributed by atoms with Crippen LogP contribution in [-0.4, -0.2) is 9.97 Å². The molecule has 1 saturated carbocycles. The van der Waals surface area contributed by atoms with E-state index in [1.165, 1.54) is 32.1 Å². The Bertz CT molecular complexity index is 394. The molecule has 1 aliphatic carbocycles. The molecule has 0 aliphatic heterocycles. The molecule has 0 amide bonds. The Kier molecular flexibility index (Phi) is 4.16. The maximum Gasteiger partial charge on any atom is 0.265 e. The molecular weight excluding hydrogens is 268 g/mol. The van der Waals surface area contributed by atoms with Gasteiger partial charge < -0.3 is 4.98 Å². The maximum absolute atomic E-state index is 11.5. The topological polar surface area (TPSA) is 45.8 Å². The fourth-order valence-corrected chi connectivity index (χ4v) is 2.53. The van der Waals surface area contributed by atoms with Crippen molar-refractivity contribution in [1.82, 2.24) is 9.97 Å². The minimum atomic E-state index is -0.0629. The zero-order valence-electron chi connectivity index (χ0n) is 9.34. The van der Waals surface area contributed by atoms with Crippen molar-refractivity contribution in [2.24, 2.45) is 0 Å². The summed E-state index contributed by atoms with van der Waals surface area (Å²) < 4.78 is 0.516. The average Bonchev–Trinajstić information content (AvgIpc) is 2.22. The number of H-pyrrole nitrogens is 1. The molecular formula is C12H17BrN2O. The summed E-state index contributed by atoms with van der Waals surface area (Å²) >= 11 is 3.18. The molecule has 1 N–H and O–H groups in total. The molecule has 0 radical (unpaired) electrons. The molecule has 1 aromatic heterocycles. The van der Waals surface area contributed by atoms with E-state index in [1.807, 2.05) is 0 Å². The number of halogens is 1. The molecule has 0 saturated heterocycles. The largest absolute Gasteiger partial charge is 0.309 e. The first-order valence-electron chi connectivity index (χ1n) is 6.02. The lowest BCUT2D eigenvalue weighted by Gasteiger charge is -2.18. The summed E-state index contributed by atoms with van der Waals surface area (Å²) in [5.41, 5.74) is -0.0629. The highest BCUT2D eigenvalue weighted by molar-refractivity contribution is 9.10. The predicted octanol–water partition coefficient (Wildman–Crippen LogP) is 3.36.